The highest BCUT2D eigenvalue weighted by atomic mass is 32.1. The van der Waals surface area contributed by atoms with Crippen molar-refractivity contribution in [2.45, 2.75) is 18.9 Å². The van der Waals surface area contributed by atoms with Gasteiger partial charge in [0.2, 0.25) is 5.91 Å². The molecule has 1 aliphatic heterocycles. The number of carbonyl (C=O) groups excluding carboxylic acids is 1. The molecule has 2 heterocycles. The maximum Gasteiger partial charge on any atom is 0.322 e. The van der Waals surface area contributed by atoms with Crippen LogP contribution in [0.2, 0.25) is 0 Å². The van der Waals surface area contributed by atoms with E-state index in [9.17, 15) is 9.59 Å². The summed E-state index contributed by atoms with van der Waals surface area (Å²) in [6, 6.07) is 8.16. The van der Waals surface area contributed by atoms with Crippen molar-refractivity contribution in [3.63, 3.8) is 0 Å². The van der Waals surface area contributed by atoms with Gasteiger partial charge in [-0.05, 0) is 31.5 Å². The first-order valence-electron chi connectivity index (χ1n) is 7.21. The number of thiazole rings is 1. The van der Waals surface area contributed by atoms with Gasteiger partial charge in [0.1, 0.15) is 11.6 Å². The highest BCUT2D eigenvalue weighted by Crippen LogP contribution is 2.35. The lowest BCUT2D eigenvalue weighted by Crippen LogP contribution is -2.39. The molecule has 1 aromatic heterocycles. The number of likely N-dealkylation sites (tertiary alicyclic amines) is 1. The predicted molar refractivity (Wildman–Crippen MR) is 83.8 cm³/mol. The Kier molecular flexibility index (Phi) is 4.35. The predicted octanol–water partition coefficient (Wildman–Crippen LogP) is 1.63. The molecule has 3 rings (SSSR count). The van der Waals surface area contributed by atoms with Gasteiger partial charge in [0, 0.05) is 0 Å². The van der Waals surface area contributed by atoms with Crippen molar-refractivity contribution in [2.75, 3.05) is 19.6 Å². The molecule has 0 saturated carbocycles. The first-order chi connectivity index (χ1) is 10.6. The van der Waals surface area contributed by atoms with Crippen LogP contribution in [0.25, 0.3) is 10.2 Å². The molecule has 2 aromatic rings. The number of nitrogens with one attached hydrogen (secondary N) is 1. The van der Waals surface area contributed by atoms with Gasteiger partial charge in [-0.25, -0.2) is 4.98 Å². The minimum absolute atomic E-state index is 0.146. The molecule has 1 amide bonds. The van der Waals surface area contributed by atoms with E-state index in [1.807, 2.05) is 18.2 Å². The summed E-state index contributed by atoms with van der Waals surface area (Å²) >= 11 is 1.67. The Morgan fingerprint density at radius 2 is 2.23 bits per heavy atom. The summed E-state index contributed by atoms with van der Waals surface area (Å²) in [6.45, 7) is 0.716. The Bertz CT molecular complexity index is 667. The zero-order chi connectivity index (χ0) is 15.5. The number of aliphatic carboxylic acids is 1. The lowest BCUT2D eigenvalue weighted by molar-refractivity contribution is -0.138. The number of benzene rings is 1. The van der Waals surface area contributed by atoms with E-state index in [-0.39, 0.29) is 25.0 Å². The van der Waals surface area contributed by atoms with Gasteiger partial charge in [-0.2, -0.15) is 0 Å². The van der Waals surface area contributed by atoms with Gasteiger partial charge in [-0.3, -0.25) is 14.5 Å². The monoisotopic (exact) mass is 319 g/mol. The number of fused-ring (bicyclic) bond motifs is 1. The lowest BCUT2D eigenvalue weighted by atomic mass is 10.2. The average Bonchev–Trinajstić information content (AvgIpc) is 3.10. The summed E-state index contributed by atoms with van der Waals surface area (Å²) in [5, 5.41) is 12.0. The van der Waals surface area contributed by atoms with Gasteiger partial charge in [-0.1, -0.05) is 12.1 Å². The molecule has 1 unspecified atom stereocenters. The van der Waals surface area contributed by atoms with Crippen LogP contribution in [0, 0.1) is 0 Å². The van der Waals surface area contributed by atoms with E-state index in [1.54, 1.807) is 11.3 Å². The van der Waals surface area contributed by atoms with Crippen molar-refractivity contribution < 1.29 is 14.7 Å². The highest BCUT2D eigenvalue weighted by molar-refractivity contribution is 7.18. The van der Waals surface area contributed by atoms with E-state index >= 15 is 0 Å². The second-order valence-corrected chi connectivity index (χ2v) is 6.38. The van der Waals surface area contributed by atoms with Crippen LogP contribution in [0.15, 0.2) is 24.3 Å². The number of para-hydroxylation sites is 1. The first kappa shape index (κ1) is 14.9. The Hall–Kier alpha value is -1.99. The first-order valence-corrected chi connectivity index (χ1v) is 8.03. The van der Waals surface area contributed by atoms with Gasteiger partial charge in [0.15, 0.2) is 0 Å². The number of nitrogens with zero attached hydrogens (tertiary/aromatic N) is 2. The average molecular weight is 319 g/mol. The molecule has 22 heavy (non-hydrogen) atoms. The Morgan fingerprint density at radius 3 is 3.00 bits per heavy atom. The van der Waals surface area contributed by atoms with Gasteiger partial charge in [0.05, 0.1) is 22.8 Å². The van der Waals surface area contributed by atoms with Crippen LogP contribution in [-0.2, 0) is 9.59 Å². The second-order valence-electron chi connectivity index (χ2n) is 5.32. The maximum absolute atomic E-state index is 11.8. The largest absolute Gasteiger partial charge is 0.480 e. The van der Waals surface area contributed by atoms with Crippen LogP contribution in [0.1, 0.15) is 23.9 Å². The molecule has 1 aliphatic rings. The maximum atomic E-state index is 11.8. The molecule has 1 saturated heterocycles. The van der Waals surface area contributed by atoms with Crippen LogP contribution < -0.4 is 5.32 Å². The van der Waals surface area contributed by atoms with Crippen LogP contribution in [0.4, 0.5) is 0 Å². The minimum atomic E-state index is -1.03. The van der Waals surface area contributed by atoms with Crippen molar-refractivity contribution in [3.8, 4) is 0 Å². The van der Waals surface area contributed by atoms with E-state index in [4.69, 9.17) is 5.11 Å². The van der Waals surface area contributed by atoms with E-state index in [2.05, 4.69) is 21.3 Å². The zero-order valence-corrected chi connectivity index (χ0v) is 12.8. The molecule has 116 valence electrons. The van der Waals surface area contributed by atoms with Crippen LogP contribution >= 0.6 is 11.3 Å². The molecule has 6 nitrogen and oxygen atoms in total. The fraction of sp³-hybridized carbons (Fsp3) is 0.400. The van der Waals surface area contributed by atoms with Crippen molar-refractivity contribution >= 4 is 33.4 Å². The van der Waals surface area contributed by atoms with Gasteiger partial charge >= 0.3 is 5.97 Å². The quantitative estimate of drug-likeness (QED) is 0.875. The number of hydrogen-bond donors (Lipinski definition) is 2. The van der Waals surface area contributed by atoms with Crippen molar-refractivity contribution in [1.82, 2.24) is 15.2 Å². The molecule has 7 heteroatoms. The highest BCUT2D eigenvalue weighted by Gasteiger charge is 2.30. The fourth-order valence-electron chi connectivity index (χ4n) is 2.74. The smallest absolute Gasteiger partial charge is 0.322 e. The third kappa shape index (κ3) is 3.26. The molecule has 1 fully saturated rings. The number of hydrogen-bond acceptors (Lipinski definition) is 5. The van der Waals surface area contributed by atoms with Crippen LogP contribution in [0.5, 0.6) is 0 Å². The molecule has 2 N–H and O–H groups in total. The third-order valence-electron chi connectivity index (χ3n) is 3.74. The molecule has 0 radical (unpaired) electrons. The van der Waals surface area contributed by atoms with Crippen molar-refractivity contribution in [3.05, 3.63) is 29.3 Å². The zero-order valence-electron chi connectivity index (χ0n) is 12.0. The molecule has 0 aliphatic carbocycles. The molecule has 1 atom stereocenters. The summed E-state index contributed by atoms with van der Waals surface area (Å²) < 4.78 is 1.15. The van der Waals surface area contributed by atoms with Crippen LogP contribution in [-0.4, -0.2) is 46.5 Å². The summed E-state index contributed by atoms with van der Waals surface area (Å²) in [5.74, 6) is -1.28. The number of carboxylic acids is 1. The standard InChI is InChI=1S/C15H17N3O3S/c19-13(16-8-14(20)21)9-18-7-3-5-11(18)15-17-10-4-1-2-6-12(10)22-15/h1-2,4,6,11H,3,5,7-9H2,(H,16,19)(H,20,21). The topological polar surface area (TPSA) is 82.5 Å². The minimum Gasteiger partial charge on any atom is -0.480 e. The Morgan fingerprint density at radius 1 is 1.41 bits per heavy atom. The molecular formula is C15H17N3O3S. The van der Waals surface area contributed by atoms with E-state index in [0.29, 0.717) is 0 Å². The Balaban J connectivity index is 1.70. The van der Waals surface area contributed by atoms with Crippen molar-refractivity contribution in [1.29, 1.82) is 0 Å². The lowest BCUT2D eigenvalue weighted by Gasteiger charge is -2.21. The van der Waals surface area contributed by atoms with Gasteiger partial charge in [-0.15, -0.1) is 11.3 Å². The summed E-state index contributed by atoms with van der Waals surface area (Å²) in [7, 11) is 0. The molecule has 0 bridgehead atoms. The number of carboxylic acid groups (broad SMARTS) is 1. The number of rotatable bonds is 5. The van der Waals surface area contributed by atoms with E-state index < -0.39 is 5.97 Å². The fourth-order valence-corrected chi connectivity index (χ4v) is 3.88. The summed E-state index contributed by atoms with van der Waals surface area (Å²) in [4.78, 5) is 29.1. The normalized spacial score (nSPS) is 18.6. The SMILES string of the molecule is O=C(O)CNC(=O)CN1CCCC1c1nc2ccccc2s1. The Labute approximate surface area is 131 Å². The number of carbonyl (C=O) groups is 2. The summed E-state index contributed by atoms with van der Waals surface area (Å²) in [5.41, 5.74) is 0.990. The van der Waals surface area contributed by atoms with E-state index in [0.717, 1.165) is 34.6 Å². The number of aromatic nitrogens is 1. The molecular weight excluding hydrogens is 302 g/mol. The molecule has 1 aromatic carbocycles. The van der Waals surface area contributed by atoms with Gasteiger partial charge < -0.3 is 10.4 Å². The second kappa shape index (κ2) is 6.41. The summed E-state index contributed by atoms with van der Waals surface area (Å²) in [6.07, 6.45) is 2.00. The number of amides is 1. The van der Waals surface area contributed by atoms with Crippen molar-refractivity contribution in [2.24, 2.45) is 0 Å². The van der Waals surface area contributed by atoms with E-state index in [1.165, 1.54) is 0 Å². The van der Waals surface area contributed by atoms with Crippen LogP contribution in [0.3, 0.4) is 0 Å². The van der Waals surface area contributed by atoms with Gasteiger partial charge in [0.25, 0.3) is 0 Å². The molecule has 0 spiro atoms. The third-order valence-corrected chi connectivity index (χ3v) is 4.88.